The molecule has 1 aliphatic heterocycles. The van der Waals surface area contributed by atoms with Crippen LogP contribution in [0.25, 0.3) is 0 Å². The highest BCUT2D eigenvalue weighted by Gasteiger charge is 2.20. The summed E-state index contributed by atoms with van der Waals surface area (Å²) in [4.78, 5) is 25.4. The molecule has 1 aliphatic rings. The molecule has 0 radical (unpaired) electrons. The Morgan fingerprint density at radius 3 is 2.70 bits per heavy atom. The van der Waals surface area contributed by atoms with Crippen molar-refractivity contribution in [1.82, 2.24) is 10.6 Å². The molecule has 1 aromatic rings. The van der Waals surface area contributed by atoms with Gasteiger partial charge in [0.1, 0.15) is 0 Å². The number of unbranched alkanes of at least 4 members (excludes halogenated alkanes) is 1. The predicted molar refractivity (Wildman–Crippen MR) is 92.7 cm³/mol. The van der Waals surface area contributed by atoms with Crippen LogP contribution >= 0.6 is 0 Å². The molecule has 1 fully saturated rings. The van der Waals surface area contributed by atoms with E-state index in [4.69, 9.17) is 0 Å². The van der Waals surface area contributed by atoms with Crippen molar-refractivity contribution in [3.8, 4) is 0 Å². The number of amides is 2. The van der Waals surface area contributed by atoms with Crippen LogP contribution in [0.1, 0.15) is 49.4 Å². The lowest BCUT2D eigenvalue weighted by atomic mass is 10.1. The van der Waals surface area contributed by atoms with Crippen molar-refractivity contribution in [2.45, 2.75) is 45.1 Å². The zero-order valence-electron chi connectivity index (χ0n) is 14.1. The number of carbonyl (C=O) groups excluding carboxylic acids is 2. The number of anilines is 1. The SMILES string of the molecule is CCCCN(C)c1ccc(C(=O)NCC[C@@H]2CCC(=O)N2)cc1. The lowest BCUT2D eigenvalue weighted by Gasteiger charge is -2.19. The van der Waals surface area contributed by atoms with Crippen LogP contribution in [0.3, 0.4) is 0 Å². The number of benzene rings is 1. The Morgan fingerprint density at radius 1 is 1.35 bits per heavy atom. The first-order valence-electron chi connectivity index (χ1n) is 8.49. The summed E-state index contributed by atoms with van der Waals surface area (Å²) in [6.07, 6.45) is 4.59. The topological polar surface area (TPSA) is 61.4 Å². The molecular weight excluding hydrogens is 290 g/mol. The second-order valence-corrected chi connectivity index (χ2v) is 6.17. The van der Waals surface area contributed by atoms with Crippen molar-refractivity contribution in [2.24, 2.45) is 0 Å². The molecule has 1 heterocycles. The molecule has 126 valence electrons. The van der Waals surface area contributed by atoms with Crippen molar-refractivity contribution in [3.63, 3.8) is 0 Å². The van der Waals surface area contributed by atoms with Gasteiger partial charge in [-0.3, -0.25) is 9.59 Å². The Kier molecular flexibility index (Phi) is 6.44. The Bertz CT molecular complexity index is 528. The van der Waals surface area contributed by atoms with Crippen molar-refractivity contribution >= 4 is 17.5 Å². The number of hydrogen-bond donors (Lipinski definition) is 2. The first-order chi connectivity index (χ1) is 11.1. The van der Waals surface area contributed by atoms with Crippen LogP contribution in [-0.2, 0) is 4.79 Å². The summed E-state index contributed by atoms with van der Waals surface area (Å²) >= 11 is 0. The quantitative estimate of drug-likeness (QED) is 0.773. The average molecular weight is 317 g/mol. The van der Waals surface area contributed by atoms with Crippen molar-refractivity contribution in [1.29, 1.82) is 0 Å². The molecule has 0 unspecified atom stereocenters. The monoisotopic (exact) mass is 317 g/mol. The van der Waals surface area contributed by atoms with Crippen LogP contribution in [0, 0.1) is 0 Å². The molecule has 1 atom stereocenters. The zero-order valence-corrected chi connectivity index (χ0v) is 14.1. The normalized spacial score (nSPS) is 17.0. The van der Waals surface area contributed by atoms with Gasteiger partial charge in [-0.05, 0) is 43.5 Å². The van der Waals surface area contributed by atoms with Gasteiger partial charge in [-0.2, -0.15) is 0 Å². The van der Waals surface area contributed by atoms with Gasteiger partial charge in [-0.25, -0.2) is 0 Å². The van der Waals surface area contributed by atoms with Crippen LogP contribution in [0.4, 0.5) is 5.69 Å². The van der Waals surface area contributed by atoms with Crippen LogP contribution in [0.15, 0.2) is 24.3 Å². The molecule has 2 amide bonds. The number of hydrogen-bond acceptors (Lipinski definition) is 3. The summed E-state index contributed by atoms with van der Waals surface area (Å²) in [6, 6.07) is 7.91. The van der Waals surface area contributed by atoms with E-state index in [0.717, 1.165) is 31.5 Å². The molecule has 0 saturated carbocycles. The third-order valence-corrected chi connectivity index (χ3v) is 4.28. The summed E-state index contributed by atoms with van der Waals surface area (Å²) in [5, 5.41) is 5.83. The molecule has 0 spiro atoms. The molecule has 5 heteroatoms. The molecule has 0 aromatic heterocycles. The zero-order chi connectivity index (χ0) is 16.7. The van der Waals surface area contributed by atoms with E-state index in [9.17, 15) is 9.59 Å². The molecule has 0 aliphatic carbocycles. The van der Waals surface area contributed by atoms with Gasteiger partial charge >= 0.3 is 0 Å². The van der Waals surface area contributed by atoms with Crippen LogP contribution in [0.2, 0.25) is 0 Å². The number of nitrogens with zero attached hydrogens (tertiary/aromatic N) is 1. The van der Waals surface area contributed by atoms with Gasteiger partial charge < -0.3 is 15.5 Å². The number of carbonyl (C=O) groups is 2. The van der Waals surface area contributed by atoms with E-state index >= 15 is 0 Å². The number of nitrogens with one attached hydrogen (secondary N) is 2. The molecule has 23 heavy (non-hydrogen) atoms. The second kappa shape index (κ2) is 8.56. The van der Waals surface area contributed by atoms with E-state index in [2.05, 4.69) is 29.5 Å². The average Bonchev–Trinajstić information content (AvgIpc) is 2.98. The van der Waals surface area contributed by atoms with Gasteiger partial charge in [0.15, 0.2) is 0 Å². The highest BCUT2D eigenvalue weighted by Crippen LogP contribution is 2.14. The van der Waals surface area contributed by atoms with E-state index in [-0.39, 0.29) is 17.9 Å². The van der Waals surface area contributed by atoms with Crippen LogP contribution in [0.5, 0.6) is 0 Å². The molecule has 2 N–H and O–H groups in total. The van der Waals surface area contributed by atoms with E-state index in [1.54, 1.807) is 0 Å². The second-order valence-electron chi connectivity index (χ2n) is 6.17. The van der Waals surface area contributed by atoms with Gasteiger partial charge in [-0.1, -0.05) is 13.3 Å². The van der Waals surface area contributed by atoms with Gasteiger partial charge in [0, 0.05) is 43.9 Å². The molecule has 1 saturated heterocycles. The van der Waals surface area contributed by atoms with E-state index in [1.807, 2.05) is 24.3 Å². The fourth-order valence-electron chi connectivity index (χ4n) is 2.75. The smallest absolute Gasteiger partial charge is 0.251 e. The highest BCUT2D eigenvalue weighted by molar-refractivity contribution is 5.94. The Labute approximate surface area is 138 Å². The van der Waals surface area contributed by atoms with Crippen LogP contribution < -0.4 is 15.5 Å². The summed E-state index contributed by atoms with van der Waals surface area (Å²) in [5.41, 5.74) is 1.80. The fourth-order valence-corrected chi connectivity index (χ4v) is 2.75. The minimum absolute atomic E-state index is 0.0583. The summed E-state index contributed by atoms with van der Waals surface area (Å²) < 4.78 is 0. The molecule has 5 nitrogen and oxygen atoms in total. The summed E-state index contributed by atoms with van der Waals surface area (Å²) in [5.74, 6) is 0.0567. The Balaban J connectivity index is 1.77. The predicted octanol–water partition coefficient (Wildman–Crippen LogP) is 2.32. The lowest BCUT2D eigenvalue weighted by Crippen LogP contribution is -2.31. The largest absolute Gasteiger partial charge is 0.375 e. The maximum atomic E-state index is 12.1. The van der Waals surface area contributed by atoms with Crippen molar-refractivity contribution in [3.05, 3.63) is 29.8 Å². The highest BCUT2D eigenvalue weighted by atomic mass is 16.2. The third kappa shape index (κ3) is 5.27. The minimum atomic E-state index is -0.0583. The van der Waals surface area contributed by atoms with Crippen LogP contribution in [-0.4, -0.2) is 38.0 Å². The number of rotatable bonds is 8. The summed E-state index contributed by atoms with van der Waals surface area (Å²) in [7, 11) is 2.07. The van der Waals surface area contributed by atoms with E-state index in [0.29, 0.717) is 18.5 Å². The molecular formula is C18H27N3O2. The van der Waals surface area contributed by atoms with Gasteiger partial charge in [-0.15, -0.1) is 0 Å². The van der Waals surface area contributed by atoms with Gasteiger partial charge in [0.2, 0.25) is 5.91 Å². The van der Waals surface area contributed by atoms with Crippen molar-refractivity contribution in [2.75, 3.05) is 25.0 Å². The maximum Gasteiger partial charge on any atom is 0.251 e. The lowest BCUT2D eigenvalue weighted by molar-refractivity contribution is -0.119. The molecule has 0 bridgehead atoms. The van der Waals surface area contributed by atoms with Gasteiger partial charge in [0.05, 0.1) is 0 Å². The van der Waals surface area contributed by atoms with Crippen molar-refractivity contribution < 1.29 is 9.59 Å². The standard InChI is InChI=1S/C18H27N3O2/c1-3-4-13-21(2)16-8-5-14(6-9-16)18(23)19-12-11-15-7-10-17(22)20-15/h5-6,8-9,15H,3-4,7,10-13H2,1-2H3,(H,19,23)(H,20,22)/t15-/m0/s1. The summed E-state index contributed by atoms with van der Waals surface area (Å²) in [6.45, 7) is 3.79. The molecule has 1 aromatic carbocycles. The Morgan fingerprint density at radius 2 is 2.09 bits per heavy atom. The first-order valence-corrected chi connectivity index (χ1v) is 8.49. The first kappa shape index (κ1) is 17.3. The minimum Gasteiger partial charge on any atom is -0.375 e. The molecule has 2 rings (SSSR count). The van der Waals surface area contributed by atoms with Gasteiger partial charge in [0.25, 0.3) is 5.91 Å². The van der Waals surface area contributed by atoms with E-state index in [1.165, 1.54) is 6.42 Å². The Hall–Kier alpha value is -2.04. The maximum absolute atomic E-state index is 12.1. The third-order valence-electron chi connectivity index (χ3n) is 4.28. The van der Waals surface area contributed by atoms with E-state index < -0.39 is 0 Å². The fraction of sp³-hybridized carbons (Fsp3) is 0.556.